The monoisotopic (exact) mass is 306 g/mol. The maximum Gasteiger partial charge on any atom is 0.286 e. The summed E-state index contributed by atoms with van der Waals surface area (Å²) in [6.45, 7) is 1.07. The van der Waals surface area contributed by atoms with Gasteiger partial charge in [0, 0.05) is 18.5 Å². The molecule has 0 bridgehead atoms. The topological polar surface area (TPSA) is 78.2 Å². The number of amides is 1. The largest absolute Gasteiger partial charge is 0.458 e. The first kappa shape index (κ1) is 13.7. The zero-order valence-corrected chi connectivity index (χ0v) is 12.3. The zero-order chi connectivity index (χ0) is 15.9. The van der Waals surface area contributed by atoms with Crippen LogP contribution in [0.5, 0.6) is 5.88 Å². The lowest BCUT2D eigenvalue weighted by molar-refractivity contribution is -0.133. The van der Waals surface area contributed by atoms with Crippen LogP contribution in [0.1, 0.15) is 6.42 Å². The molecule has 1 aromatic carbocycles. The molecule has 0 aliphatic carbocycles. The Morgan fingerprint density at radius 2 is 2.09 bits per heavy atom. The number of hydrogen-bond donors (Lipinski definition) is 1. The number of fused-ring (bicyclic) bond motifs is 1. The lowest BCUT2D eigenvalue weighted by Gasteiger charge is -2.36. The number of carbonyl (C=O) groups is 1. The highest BCUT2D eigenvalue weighted by Crippen LogP contribution is 2.39. The quantitative estimate of drug-likeness (QED) is 0.811. The van der Waals surface area contributed by atoms with Gasteiger partial charge in [0.15, 0.2) is 6.19 Å². The molecule has 1 fully saturated rings. The van der Waals surface area contributed by atoms with Crippen molar-refractivity contribution in [1.29, 1.82) is 5.26 Å². The molecule has 1 unspecified atom stereocenters. The van der Waals surface area contributed by atoms with Crippen LogP contribution in [0.3, 0.4) is 0 Å². The molecular weight excluding hydrogens is 292 g/mol. The highest BCUT2D eigenvalue weighted by molar-refractivity contribution is 6.05. The highest BCUT2D eigenvalue weighted by Gasteiger charge is 2.51. The predicted molar refractivity (Wildman–Crippen MR) is 83.6 cm³/mol. The van der Waals surface area contributed by atoms with Crippen molar-refractivity contribution >= 4 is 11.6 Å². The van der Waals surface area contributed by atoms with Crippen molar-refractivity contribution in [2.75, 3.05) is 18.0 Å². The minimum absolute atomic E-state index is 0.327. The number of pyridine rings is 1. The van der Waals surface area contributed by atoms with E-state index in [0.717, 1.165) is 16.2 Å². The third-order valence-electron chi connectivity index (χ3n) is 4.25. The van der Waals surface area contributed by atoms with Gasteiger partial charge in [-0.3, -0.25) is 4.79 Å². The predicted octanol–water partition coefficient (Wildman–Crippen LogP) is 1.69. The van der Waals surface area contributed by atoms with E-state index in [1.54, 1.807) is 12.1 Å². The van der Waals surface area contributed by atoms with Crippen molar-refractivity contribution in [1.82, 2.24) is 10.3 Å². The molecule has 0 saturated carbocycles. The van der Waals surface area contributed by atoms with Crippen molar-refractivity contribution in [3.05, 3.63) is 42.5 Å². The molecule has 3 heterocycles. The van der Waals surface area contributed by atoms with E-state index in [1.165, 1.54) is 0 Å². The SMILES string of the molecule is N#CN1C(=O)C2(CCNC2)Oc2nc(-c3ccccc3)ccc21. The standard InChI is InChI=1S/C17H14N4O2/c18-11-21-14-7-6-13(12-4-2-1-3-5-12)20-15(14)23-17(16(21)22)8-9-19-10-17/h1-7,19H,8-10H2. The molecule has 1 aromatic heterocycles. The second-order valence-electron chi connectivity index (χ2n) is 5.65. The Bertz CT molecular complexity index is 807. The number of nitrogens with one attached hydrogen (secondary N) is 1. The summed E-state index contributed by atoms with van der Waals surface area (Å²) in [7, 11) is 0. The van der Waals surface area contributed by atoms with E-state index < -0.39 is 5.60 Å². The van der Waals surface area contributed by atoms with Gasteiger partial charge in [0.05, 0.1) is 5.69 Å². The van der Waals surface area contributed by atoms with Crippen LogP contribution in [0.4, 0.5) is 5.69 Å². The van der Waals surface area contributed by atoms with Crippen LogP contribution in [0.15, 0.2) is 42.5 Å². The molecule has 2 aromatic rings. The first-order chi connectivity index (χ1) is 11.2. The molecule has 2 aliphatic rings. The second kappa shape index (κ2) is 5.07. The molecule has 1 saturated heterocycles. The minimum Gasteiger partial charge on any atom is -0.458 e. The van der Waals surface area contributed by atoms with Crippen LogP contribution >= 0.6 is 0 Å². The third-order valence-corrected chi connectivity index (χ3v) is 4.25. The molecule has 1 N–H and O–H groups in total. The molecule has 6 heteroatoms. The van der Waals surface area contributed by atoms with Crippen molar-refractivity contribution in [3.8, 4) is 23.3 Å². The Hall–Kier alpha value is -2.91. The third kappa shape index (κ3) is 2.05. The first-order valence-corrected chi connectivity index (χ1v) is 7.44. The summed E-state index contributed by atoms with van der Waals surface area (Å²) in [5.74, 6) is 0.00274. The van der Waals surface area contributed by atoms with Gasteiger partial charge >= 0.3 is 0 Å². The Kier molecular flexibility index (Phi) is 3.03. The number of anilines is 1. The molecule has 1 spiro atoms. The van der Waals surface area contributed by atoms with E-state index in [9.17, 15) is 10.1 Å². The Morgan fingerprint density at radius 3 is 2.78 bits per heavy atom. The van der Waals surface area contributed by atoms with Crippen LogP contribution < -0.4 is 15.0 Å². The van der Waals surface area contributed by atoms with E-state index in [2.05, 4.69) is 10.3 Å². The lowest BCUT2D eigenvalue weighted by Crippen LogP contribution is -2.56. The van der Waals surface area contributed by atoms with Gasteiger partial charge in [-0.1, -0.05) is 30.3 Å². The summed E-state index contributed by atoms with van der Waals surface area (Å²) < 4.78 is 5.97. The number of aromatic nitrogens is 1. The van der Waals surface area contributed by atoms with Crippen LogP contribution in [-0.2, 0) is 4.79 Å². The summed E-state index contributed by atoms with van der Waals surface area (Å²) in [6, 6.07) is 13.2. The summed E-state index contributed by atoms with van der Waals surface area (Å²) in [5.41, 5.74) is 1.08. The van der Waals surface area contributed by atoms with E-state index in [4.69, 9.17) is 4.74 Å². The van der Waals surface area contributed by atoms with Gasteiger partial charge in [-0.25, -0.2) is 9.88 Å². The minimum atomic E-state index is -1.02. The van der Waals surface area contributed by atoms with Gasteiger partial charge < -0.3 is 10.1 Å². The van der Waals surface area contributed by atoms with Crippen LogP contribution in [-0.4, -0.2) is 29.6 Å². The maximum atomic E-state index is 12.6. The molecule has 1 amide bonds. The fourth-order valence-corrected chi connectivity index (χ4v) is 3.03. The summed E-state index contributed by atoms with van der Waals surface area (Å²) in [4.78, 5) is 18.2. The van der Waals surface area contributed by atoms with Crippen molar-refractivity contribution < 1.29 is 9.53 Å². The van der Waals surface area contributed by atoms with Crippen molar-refractivity contribution in [2.24, 2.45) is 0 Å². The van der Waals surface area contributed by atoms with E-state index in [0.29, 0.717) is 31.1 Å². The second-order valence-corrected chi connectivity index (χ2v) is 5.65. The molecular formula is C17H14N4O2. The smallest absolute Gasteiger partial charge is 0.286 e. The van der Waals surface area contributed by atoms with Crippen molar-refractivity contribution in [3.63, 3.8) is 0 Å². The Balaban J connectivity index is 1.82. The van der Waals surface area contributed by atoms with E-state index in [-0.39, 0.29) is 5.91 Å². The van der Waals surface area contributed by atoms with E-state index in [1.807, 2.05) is 36.5 Å². The number of rotatable bonds is 1. The fraction of sp³-hybridized carbons (Fsp3) is 0.235. The Morgan fingerprint density at radius 1 is 1.26 bits per heavy atom. The van der Waals surface area contributed by atoms with Crippen LogP contribution in [0.2, 0.25) is 0 Å². The Labute approximate surface area is 133 Å². The molecule has 4 rings (SSSR count). The molecule has 114 valence electrons. The van der Waals surface area contributed by atoms with Crippen LogP contribution in [0, 0.1) is 11.5 Å². The first-order valence-electron chi connectivity index (χ1n) is 7.44. The molecule has 23 heavy (non-hydrogen) atoms. The average molecular weight is 306 g/mol. The summed E-state index contributed by atoms with van der Waals surface area (Å²) in [5, 5.41) is 12.5. The summed E-state index contributed by atoms with van der Waals surface area (Å²) >= 11 is 0. The lowest BCUT2D eigenvalue weighted by atomic mass is 9.99. The van der Waals surface area contributed by atoms with Gasteiger partial charge in [0.1, 0.15) is 5.69 Å². The number of benzene rings is 1. The number of nitriles is 1. The fourth-order valence-electron chi connectivity index (χ4n) is 3.03. The van der Waals surface area contributed by atoms with E-state index >= 15 is 0 Å². The number of hydrogen-bond acceptors (Lipinski definition) is 5. The molecule has 2 aliphatic heterocycles. The van der Waals surface area contributed by atoms with Gasteiger partial charge in [-0.2, -0.15) is 5.26 Å². The number of ether oxygens (including phenoxy) is 1. The molecule has 6 nitrogen and oxygen atoms in total. The maximum absolute atomic E-state index is 12.6. The van der Waals surface area contributed by atoms with Crippen LogP contribution in [0.25, 0.3) is 11.3 Å². The van der Waals surface area contributed by atoms with Crippen molar-refractivity contribution in [2.45, 2.75) is 12.0 Å². The summed E-state index contributed by atoms with van der Waals surface area (Å²) in [6.07, 6.45) is 2.48. The van der Waals surface area contributed by atoms with Gasteiger partial charge in [-0.05, 0) is 18.7 Å². The average Bonchev–Trinajstić information content (AvgIpc) is 3.06. The van der Waals surface area contributed by atoms with Gasteiger partial charge in [-0.15, -0.1) is 0 Å². The molecule has 1 atom stereocenters. The van der Waals surface area contributed by atoms with Gasteiger partial charge in [0.2, 0.25) is 11.5 Å². The highest BCUT2D eigenvalue weighted by atomic mass is 16.5. The zero-order valence-electron chi connectivity index (χ0n) is 12.3. The number of nitrogens with zero attached hydrogens (tertiary/aromatic N) is 3. The molecule has 0 radical (unpaired) electrons. The number of carbonyl (C=O) groups excluding carboxylic acids is 1. The van der Waals surface area contributed by atoms with Gasteiger partial charge in [0.25, 0.3) is 5.91 Å². The normalized spacial score (nSPS) is 22.6.